The first kappa shape index (κ1) is 16.0. The predicted octanol–water partition coefficient (Wildman–Crippen LogP) is 1.95. The summed E-state index contributed by atoms with van der Waals surface area (Å²) in [4.78, 5) is 24.9. The molecule has 0 aliphatic carbocycles. The Morgan fingerprint density at radius 1 is 1.40 bits per heavy atom. The molecule has 1 aromatic rings. The summed E-state index contributed by atoms with van der Waals surface area (Å²) in [6.45, 7) is 4.78. The zero-order chi connectivity index (χ0) is 15.1. The third kappa shape index (κ3) is 4.25. The van der Waals surface area contributed by atoms with Crippen LogP contribution in [0.4, 0.5) is 10.6 Å². The molecule has 1 heterocycles. The second-order valence-corrected chi connectivity index (χ2v) is 4.55. The van der Waals surface area contributed by atoms with Crippen LogP contribution in [0.2, 0.25) is 0 Å². The normalized spacial score (nSPS) is 10.2. The first-order chi connectivity index (χ1) is 9.49. The standard InChI is InChI=1S/C13H22N4O3/c1-5-7-8-17-9-10(12(18)20-6-2)11(15-17)14-13(19)16(3)4/h9H,5-8H2,1-4H3,(H,14,15,19). The fourth-order valence-corrected chi connectivity index (χ4v) is 1.52. The van der Waals surface area contributed by atoms with E-state index in [1.165, 1.54) is 4.90 Å². The molecule has 1 rings (SSSR count). The third-order valence-electron chi connectivity index (χ3n) is 2.63. The number of unbranched alkanes of at least 4 members (excludes halogenated alkanes) is 1. The Bertz CT molecular complexity index is 468. The summed E-state index contributed by atoms with van der Waals surface area (Å²) in [5.74, 6) is -0.248. The maximum Gasteiger partial charge on any atom is 0.343 e. The minimum atomic E-state index is -0.482. The van der Waals surface area contributed by atoms with Crippen molar-refractivity contribution >= 4 is 17.8 Å². The molecule has 112 valence electrons. The van der Waals surface area contributed by atoms with Crippen LogP contribution in [-0.2, 0) is 11.3 Å². The number of carbonyl (C=O) groups excluding carboxylic acids is 2. The number of carbonyl (C=O) groups is 2. The molecule has 2 amide bonds. The molecule has 0 unspecified atom stereocenters. The summed E-state index contributed by atoms with van der Waals surface area (Å²) in [5, 5.41) is 6.83. The van der Waals surface area contributed by atoms with Crippen LogP contribution >= 0.6 is 0 Å². The SMILES string of the molecule is CCCCn1cc(C(=O)OCC)c(NC(=O)N(C)C)n1. The zero-order valence-electron chi connectivity index (χ0n) is 12.5. The monoisotopic (exact) mass is 282 g/mol. The van der Waals surface area contributed by atoms with Gasteiger partial charge in [0.25, 0.3) is 0 Å². The number of anilines is 1. The molecule has 0 saturated heterocycles. The third-order valence-corrected chi connectivity index (χ3v) is 2.63. The van der Waals surface area contributed by atoms with Crippen molar-refractivity contribution in [2.45, 2.75) is 33.2 Å². The lowest BCUT2D eigenvalue weighted by Gasteiger charge is -2.10. The summed E-state index contributed by atoms with van der Waals surface area (Å²) in [5.41, 5.74) is 0.276. The van der Waals surface area contributed by atoms with Gasteiger partial charge in [-0.25, -0.2) is 9.59 Å². The van der Waals surface area contributed by atoms with Gasteiger partial charge in [-0.3, -0.25) is 10.00 Å². The Balaban J connectivity index is 2.95. The number of rotatable bonds is 6. The van der Waals surface area contributed by atoms with E-state index in [2.05, 4.69) is 17.3 Å². The number of esters is 1. The number of hydrogen-bond donors (Lipinski definition) is 1. The molecule has 1 N–H and O–H groups in total. The fraction of sp³-hybridized carbons (Fsp3) is 0.615. The van der Waals surface area contributed by atoms with Crippen molar-refractivity contribution in [2.75, 3.05) is 26.0 Å². The molecule has 0 aliphatic heterocycles. The van der Waals surface area contributed by atoms with E-state index in [9.17, 15) is 9.59 Å². The molecule has 0 radical (unpaired) electrons. The number of nitrogens with one attached hydrogen (secondary N) is 1. The molecule has 20 heavy (non-hydrogen) atoms. The summed E-state index contributed by atoms with van der Waals surface area (Å²) < 4.78 is 6.63. The molecule has 0 fully saturated rings. The number of hydrogen-bond acceptors (Lipinski definition) is 4. The van der Waals surface area contributed by atoms with Crippen molar-refractivity contribution < 1.29 is 14.3 Å². The molecule has 7 nitrogen and oxygen atoms in total. The van der Waals surface area contributed by atoms with Crippen molar-refractivity contribution in [1.82, 2.24) is 14.7 Å². The van der Waals surface area contributed by atoms with Gasteiger partial charge in [-0.1, -0.05) is 13.3 Å². The highest BCUT2D eigenvalue weighted by Crippen LogP contribution is 2.15. The van der Waals surface area contributed by atoms with Gasteiger partial charge in [0.2, 0.25) is 0 Å². The van der Waals surface area contributed by atoms with E-state index in [1.807, 2.05) is 0 Å². The van der Waals surface area contributed by atoms with Gasteiger partial charge in [0.15, 0.2) is 5.82 Å². The van der Waals surface area contributed by atoms with E-state index in [0.717, 1.165) is 12.8 Å². The number of aryl methyl sites for hydroxylation is 1. The lowest BCUT2D eigenvalue weighted by atomic mass is 10.3. The van der Waals surface area contributed by atoms with Gasteiger partial charge in [0.05, 0.1) is 6.61 Å². The maximum absolute atomic E-state index is 11.9. The smallest absolute Gasteiger partial charge is 0.343 e. The average Bonchev–Trinajstić information content (AvgIpc) is 2.79. The summed E-state index contributed by atoms with van der Waals surface area (Å²) >= 11 is 0. The van der Waals surface area contributed by atoms with Crippen LogP contribution in [-0.4, -0.2) is 47.4 Å². The summed E-state index contributed by atoms with van der Waals surface area (Å²) in [6, 6.07) is -0.337. The quantitative estimate of drug-likeness (QED) is 0.809. The van der Waals surface area contributed by atoms with Gasteiger partial charge in [-0.2, -0.15) is 5.10 Å². The Morgan fingerprint density at radius 3 is 2.65 bits per heavy atom. The first-order valence-electron chi connectivity index (χ1n) is 6.72. The van der Waals surface area contributed by atoms with Gasteiger partial charge in [0, 0.05) is 26.8 Å². The fourth-order valence-electron chi connectivity index (χ4n) is 1.52. The van der Waals surface area contributed by atoms with E-state index in [1.54, 1.807) is 31.9 Å². The minimum Gasteiger partial charge on any atom is -0.462 e. The number of amides is 2. The highest BCUT2D eigenvalue weighted by molar-refractivity contribution is 5.99. The molecular formula is C13H22N4O3. The van der Waals surface area contributed by atoms with Crippen LogP contribution in [0.3, 0.4) is 0 Å². The second-order valence-electron chi connectivity index (χ2n) is 4.55. The Morgan fingerprint density at radius 2 is 2.10 bits per heavy atom. The molecular weight excluding hydrogens is 260 g/mol. The van der Waals surface area contributed by atoms with E-state index in [4.69, 9.17) is 4.74 Å². The Hall–Kier alpha value is -2.05. The van der Waals surface area contributed by atoms with Gasteiger partial charge in [0.1, 0.15) is 5.56 Å². The highest BCUT2D eigenvalue weighted by atomic mass is 16.5. The molecule has 7 heteroatoms. The lowest BCUT2D eigenvalue weighted by Crippen LogP contribution is -2.28. The maximum atomic E-state index is 11.9. The Labute approximate surface area is 118 Å². The van der Waals surface area contributed by atoms with Crippen LogP contribution in [0, 0.1) is 0 Å². The van der Waals surface area contributed by atoms with E-state index >= 15 is 0 Å². The van der Waals surface area contributed by atoms with Crippen molar-refractivity contribution in [2.24, 2.45) is 0 Å². The Kier molecular flexibility index (Phi) is 6.02. The zero-order valence-corrected chi connectivity index (χ0v) is 12.5. The van der Waals surface area contributed by atoms with Crippen molar-refractivity contribution in [3.63, 3.8) is 0 Å². The number of aromatic nitrogens is 2. The largest absolute Gasteiger partial charge is 0.462 e. The minimum absolute atomic E-state index is 0.234. The molecule has 0 aliphatic rings. The van der Waals surface area contributed by atoms with E-state index in [-0.39, 0.29) is 24.0 Å². The summed E-state index contributed by atoms with van der Waals surface area (Å²) in [6.07, 6.45) is 3.58. The topological polar surface area (TPSA) is 76.5 Å². The van der Waals surface area contributed by atoms with Crippen LogP contribution in [0.15, 0.2) is 6.20 Å². The molecule has 0 bridgehead atoms. The van der Waals surface area contributed by atoms with E-state index < -0.39 is 5.97 Å². The second kappa shape index (κ2) is 7.52. The lowest BCUT2D eigenvalue weighted by molar-refractivity contribution is 0.0527. The van der Waals surface area contributed by atoms with Crippen molar-refractivity contribution in [3.8, 4) is 0 Å². The van der Waals surface area contributed by atoms with Gasteiger partial charge in [-0.15, -0.1) is 0 Å². The van der Waals surface area contributed by atoms with Crippen LogP contribution in [0.5, 0.6) is 0 Å². The molecule has 0 aromatic carbocycles. The highest BCUT2D eigenvalue weighted by Gasteiger charge is 2.19. The summed E-state index contributed by atoms with van der Waals surface area (Å²) in [7, 11) is 3.24. The first-order valence-corrected chi connectivity index (χ1v) is 6.72. The number of nitrogens with zero attached hydrogens (tertiary/aromatic N) is 3. The van der Waals surface area contributed by atoms with Crippen LogP contribution in [0.25, 0.3) is 0 Å². The van der Waals surface area contributed by atoms with Crippen LogP contribution < -0.4 is 5.32 Å². The average molecular weight is 282 g/mol. The van der Waals surface area contributed by atoms with Crippen molar-refractivity contribution in [3.05, 3.63) is 11.8 Å². The molecule has 0 saturated carbocycles. The van der Waals surface area contributed by atoms with Gasteiger partial charge >= 0.3 is 12.0 Å². The molecule has 1 aromatic heterocycles. The number of ether oxygens (including phenoxy) is 1. The van der Waals surface area contributed by atoms with E-state index in [0.29, 0.717) is 6.54 Å². The van der Waals surface area contributed by atoms with Crippen molar-refractivity contribution in [1.29, 1.82) is 0 Å². The van der Waals surface area contributed by atoms with Gasteiger partial charge < -0.3 is 9.64 Å². The van der Waals surface area contributed by atoms with Gasteiger partial charge in [-0.05, 0) is 13.3 Å². The molecule has 0 spiro atoms. The predicted molar refractivity (Wildman–Crippen MR) is 75.8 cm³/mol. The van der Waals surface area contributed by atoms with Crippen LogP contribution in [0.1, 0.15) is 37.0 Å². The number of urea groups is 1. The molecule has 0 atom stereocenters.